The lowest BCUT2D eigenvalue weighted by molar-refractivity contribution is 0.0697. The van der Waals surface area contributed by atoms with Crippen LogP contribution in [0.1, 0.15) is 16.1 Å². The zero-order valence-electron chi connectivity index (χ0n) is 10.3. The molecule has 5 heteroatoms. The number of carbonyl (C=O) groups is 1. The van der Waals surface area contributed by atoms with Crippen LogP contribution in [0.5, 0.6) is 0 Å². The van der Waals surface area contributed by atoms with Crippen LogP contribution in [0, 0.1) is 0 Å². The molecule has 0 aliphatic carbocycles. The summed E-state index contributed by atoms with van der Waals surface area (Å²) in [6, 6.07) is 10.4. The molecule has 0 amide bonds. The molecule has 0 saturated carbocycles. The van der Waals surface area contributed by atoms with Crippen molar-refractivity contribution >= 4 is 17.3 Å². The smallest absolute Gasteiger partial charge is 0.335 e. The highest BCUT2D eigenvalue weighted by atomic mass is 16.4. The highest BCUT2D eigenvalue weighted by molar-refractivity contribution is 5.90. The van der Waals surface area contributed by atoms with E-state index in [-0.39, 0.29) is 5.56 Å². The normalized spacial score (nSPS) is 10.1. The van der Waals surface area contributed by atoms with Gasteiger partial charge in [-0.25, -0.2) is 4.79 Å². The Morgan fingerprint density at radius 1 is 1.32 bits per heavy atom. The van der Waals surface area contributed by atoms with Crippen molar-refractivity contribution in [3.63, 3.8) is 0 Å². The van der Waals surface area contributed by atoms with Crippen LogP contribution in [-0.4, -0.2) is 22.6 Å². The van der Waals surface area contributed by atoms with E-state index in [9.17, 15) is 4.79 Å². The fourth-order valence-electron chi connectivity index (χ4n) is 1.71. The van der Waals surface area contributed by atoms with Crippen LogP contribution in [0.4, 0.5) is 11.4 Å². The lowest BCUT2D eigenvalue weighted by Gasteiger charge is -2.09. The zero-order chi connectivity index (χ0) is 13.7. The van der Waals surface area contributed by atoms with Gasteiger partial charge in [0.25, 0.3) is 0 Å². The van der Waals surface area contributed by atoms with E-state index in [2.05, 4.69) is 10.3 Å². The molecule has 0 spiro atoms. The Kier molecular flexibility index (Phi) is 3.97. The lowest BCUT2D eigenvalue weighted by Crippen LogP contribution is -2.09. The van der Waals surface area contributed by atoms with Gasteiger partial charge in [-0.15, -0.1) is 0 Å². The summed E-state index contributed by atoms with van der Waals surface area (Å²) in [5, 5.41) is 12.1. The van der Waals surface area contributed by atoms with Gasteiger partial charge in [0, 0.05) is 24.9 Å². The highest BCUT2D eigenvalue weighted by Crippen LogP contribution is 2.20. The minimum absolute atomic E-state index is 0.217. The highest BCUT2D eigenvalue weighted by Gasteiger charge is 2.06. The van der Waals surface area contributed by atoms with Gasteiger partial charge in [-0.05, 0) is 30.3 Å². The number of carboxylic acids is 1. The number of nitrogens with one attached hydrogen (secondary N) is 1. The van der Waals surface area contributed by atoms with Crippen LogP contribution in [-0.2, 0) is 6.42 Å². The predicted octanol–water partition coefficient (Wildman–Crippen LogP) is 2.02. The molecule has 0 bridgehead atoms. The minimum atomic E-state index is -0.965. The topological polar surface area (TPSA) is 88.2 Å². The largest absolute Gasteiger partial charge is 0.478 e. The number of carboxylic acid groups (broad SMARTS) is 1. The van der Waals surface area contributed by atoms with Gasteiger partial charge >= 0.3 is 5.97 Å². The number of anilines is 2. The average Bonchev–Trinajstić information content (AvgIpc) is 2.42. The zero-order valence-corrected chi connectivity index (χ0v) is 10.3. The van der Waals surface area contributed by atoms with Crippen molar-refractivity contribution in [2.75, 3.05) is 17.6 Å². The number of pyridine rings is 1. The van der Waals surface area contributed by atoms with Crippen molar-refractivity contribution in [3.8, 4) is 0 Å². The van der Waals surface area contributed by atoms with E-state index in [1.807, 2.05) is 18.2 Å². The monoisotopic (exact) mass is 257 g/mol. The van der Waals surface area contributed by atoms with Crippen molar-refractivity contribution in [1.29, 1.82) is 0 Å². The van der Waals surface area contributed by atoms with E-state index in [1.165, 1.54) is 12.1 Å². The summed E-state index contributed by atoms with van der Waals surface area (Å²) in [4.78, 5) is 15.1. The second-order valence-electron chi connectivity index (χ2n) is 4.11. The number of benzene rings is 1. The van der Waals surface area contributed by atoms with E-state index >= 15 is 0 Å². The minimum Gasteiger partial charge on any atom is -0.478 e. The number of nitrogens with zero attached hydrogens (tertiary/aromatic N) is 1. The van der Waals surface area contributed by atoms with Gasteiger partial charge in [0.15, 0.2) is 0 Å². The standard InChI is InChI=1S/C14H15N3O2/c15-12-5-4-10(14(18)19)9-13(12)17-8-6-11-3-1-2-7-16-11/h1-5,7,9,17H,6,8,15H2,(H,18,19). The molecule has 0 aliphatic heterocycles. The molecule has 1 aromatic carbocycles. The number of hydrogen-bond acceptors (Lipinski definition) is 4. The maximum Gasteiger partial charge on any atom is 0.335 e. The van der Waals surface area contributed by atoms with Gasteiger partial charge in [0.2, 0.25) is 0 Å². The first-order valence-electron chi connectivity index (χ1n) is 5.93. The molecule has 98 valence electrons. The van der Waals surface area contributed by atoms with E-state index in [4.69, 9.17) is 10.8 Å². The fourth-order valence-corrected chi connectivity index (χ4v) is 1.71. The first kappa shape index (κ1) is 12.9. The van der Waals surface area contributed by atoms with E-state index in [1.54, 1.807) is 12.3 Å². The molecular weight excluding hydrogens is 242 g/mol. The number of aromatic carboxylic acids is 1. The SMILES string of the molecule is Nc1ccc(C(=O)O)cc1NCCc1ccccn1. The van der Waals surface area contributed by atoms with E-state index < -0.39 is 5.97 Å². The first-order valence-corrected chi connectivity index (χ1v) is 5.93. The molecule has 2 rings (SSSR count). The summed E-state index contributed by atoms with van der Waals surface area (Å²) >= 11 is 0. The van der Waals surface area contributed by atoms with Crippen LogP contribution in [0.3, 0.4) is 0 Å². The fraction of sp³-hybridized carbons (Fsp3) is 0.143. The molecular formula is C14H15N3O2. The van der Waals surface area contributed by atoms with Crippen molar-refractivity contribution in [2.24, 2.45) is 0 Å². The third-order valence-electron chi connectivity index (χ3n) is 2.72. The second-order valence-corrected chi connectivity index (χ2v) is 4.11. The van der Waals surface area contributed by atoms with Crippen LogP contribution < -0.4 is 11.1 Å². The number of nitrogens with two attached hydrogens (primary N) is 1. The van der Waals surface area contributed by atoms with Crippen molar-refractivity contribution in [1.82, 2.24) is 4.98 Å². The Hall–Kier alpha value is -2.56. The number of nitrogen functional groups attached to an aromatic ring is 1. The summed E-state index contributed by atoms with van der Waals surface area (Å²) in [5.41, 5.74) is 8.16. The quantitative estimate of drug-likeness (QED) is 0.713. The molecule has 5 nitrogen and oxygen atoms in total. The van der Waals surface area contributed by atoms with Gasteiger partial charge < -0.3 is 16.2 Å². The van der Waals surface area contributed by atoms with Gasteiger partial charge in [-0.1, -0.05) is 6.07 Å². The molecule has 2 aromatic rings. The molecule has 1 aromatic heterocycles. The molecule has 0 fully saturated rings. The molecule has 0 saturated heterocycles. The number of hydrogen-bond donors (Lipinski definition) is 3. The lowest BCUT2D eigenvalue weighted by atomic mass is 10.1. The first-order chi connectivity index (χ1) is 9.16. The molecule has 1 heterocycles. The van der Waals surface area contributed by atoms with Crippen LogP contribution in [0.15, 0.2) is 42.6 Å². The third-order valence-corrected chi connectivity index (χ3v) is 2.72. The molecule has 0 aliphatic rings. The van der Waals surface area contributed by atoms with Gasteiger partial charge in [0.05, 0.1) is 16.9 Å². The number of aromatic nitrogens is 1. The Labute approximate surface area is 111 Å². The summed E-state index contributed by atoms with van der Waals surface area (Å²) < 4.78 is 0. The summed E-state index contributed by atoms with van der Waals surface area (Å²) in [6.07, 6.45) is 2.49. The predicted molar refractivity (Wildman–Crippen MR) is 74.2 cm³/mol. The van der Waals surface area contributed by atoms with E-state index in [0.717, 1.165) is 12.1 Å². The molecule has 0 atom stereocenters. The average molecular weight is 257 g/mol. The van der Waals surface area contributed by atoms with Crippen molar-refractivity contribution < 1.29 is 9.90 Å². The number of rotatable bonds is 5. The van der Waals surface area contributed by atoms with E-state index in [0.29, 0.717) is 17.9 Å². The summed E-state index contributed by atoms with van der Waals surface area (Å²) in [6.45, 7) is 0.643. The van der Waals surface area contributed by atoms with Crippen molar-refractivity contribution in [2.45, 2.75) is 6.42 Å². The third kappa shape index (κ3) is 3.45. The van der Waals surface area contributed by atoms with Gasteiger partial charge in [0.1, 0.15) is 0 Å². The Morgan fingerprint density at radius 2 is 2.16 bits per heavy atom. The molecule has 0 radical (unpaired) electrons. The maximum atomic E-state index is 10.9. The Balaban J connectivity index is 1.99. The van der Waals surface area contributed by atoms with Crippen LogP contribution >= 0.6 is 0 Å². The molecule has 0 unspecified atom stereocenters. The van der Waals surface area contributed by atoms with Crippen LogP contribution in [0.2, 0.25) is 0 Å². The van der Waals surface area contributed by atoms with Crippen molar-refractivity contribution in [3.05, 3.63) is 53.9 Å². The summed E-state index contributed by atoms with van der Waals surface area (Å²) in [5.74, 6) is -0.965. The van der Waals surface area contributed by atoms with Gasteiger partial charge in [-0.2, -0.15) is 0 Å². The van der Waals surface area contributed by atoms with Crippen LogP contribution in [0.25, 0.3) is 0 Å². The Morgan fingerprint density at radius 3 is 2.84 bits per heavy atom. The Bertz CT molecular complexity index is 570. The maximum absolute atomic E-state index is 10.9. The van der Waals surface area contributed by atoms with Gasteiger partial charge in [-0.3, -0.25) is 4.98 Å². The second kappa shape index (κ2) is 5.86. The molecule has 4 N–H and O–H groups in total. The molecule has 19 heavy (non-hydrogen) atoms. The summed E-state index contributed by atoms with van der Waals surface area (Å²) in [7, 11) is 0.